The van der Waals surface area contributed by atoms with Crippen molar-refractivity contribution in [1.82, 2.24) is 25.2 Å². The zero-order chi connectivity index (χ0) is 22.8. The summed E-state index contributed by atoms with van der Waals surface area (Å²) in [5.41, 5.74) is 1.96. The molecular weight excluding hydrogens is 531 g/mol. The number of rotatable bonds is 11. The van der Waals surface area contributed by atoms with Crippen LogP contribution in [0.15, 0.2) is 47.6 Å². The van der Waals surface area contributed by atoms with Gasteiger partial charge in [-0.3, -0.25) is 9.39 Å². The molecule has 9 heteroatoms. The smallest absolute Gasteiger partial charge is 0.191 e. The van der Waals surface area contributed by atoms with Crippen LogP contribution in [-0.4, -0.2) is 47.4 Å². The average Bonchev–Trinajstić information content (AvgIpc) is 3.24. The Morgan fingerprint density at radius 2 is 1.82 bits per heavy atom. The minimum atomic E-state index is 0. The van der Waals surface area contributed by atoms with E-state index in [4.69, 9.17) is 9.47 Å². The second-order valence-electron chi connectivity index (χ2n) is 7.56. The molecule has 33 heavy (non-hydrogen) atoms. The number of aliphatic imine (C=N–C) groups is 1. The first-order valence-corrected chi connectivity index (χ1v) is 11.3. The summed E-state index contributed by atoms with van der Waals surface area (Å²) in [6, 6.07) is 12.0. The number of nitrogens with one attached hydrogen (secondary N) is 2. The first-order chi connectivity index (χ1) is 15.7. The standard InChI is InChI=1S/C24H34N6O2.HI/c1-5-15-31-20-11-10-19(17-21(20)32-16-6-2)18(3)27-24(25-4)26-13-12-23-29-28-22-9-7-8-14-30(22)23;/h7-11,14,17-18H,5-6,12-13,15-16H2,1-4H3,(H2,25,26,27);1H. The molecule has 0 aliphatic rings. The van der Waals surface area contributed by atoms with Crippen molar-refractivity contribution >= 4 is 35.6 Å². The average molecular weight is 566 g/mol. The van der Waals surface area contributed by atoms with E-state index < -0.39 is 0 Å². The van der Waals surface area contributed by atoms with Crippen molar-refractivity contribution in [2.45, 2.75) is 46.1 Å². The second-order valence-corrected chi connectivity index (χ2v) is 7.56. The maximum absolute atomic E-state index is 5.93. The predicted octanol–water partition coefficient (Wildman–Crippen LogP) is 4.39. The molecule has 0 bridgehead atoms. The molecule has 2 heterocycles. The molecule has 1 unspecified atom stereocenters. The van der Waals surface area contributed by atoms with Crippen LogP contribution >= 0.6 is 24.0 Å². The van der Waals surface area contributed by atoms with Gasteiger partial charge in [0, 0.05) is 26.2 Å². The third kappa shape index (κ3) is 7.48. The number of halogens is 1. The van der Waals surface area contributed by atoms with Crippen LogP contribution in [0.4, 0.5) is 0 Å². The Morgan fingerprint density at radius 1 is 1.06 bits per heavy atom. The van der Waals surface area contributed by atoms with E-state index in [0.29, 0.717) is 19.8 Å². The van der Waals surface area contributed by atoms with Gasteiger partial charge in [-0.1, -0.05) is 26.0 Å². The Hall–Kier alpha value is -2.56. The highest BCUT2D eigenvalue weighted by atomic mass is 127. The van der Waals surface area contributed by atoms with Crippen LogP contribution in [0.3, 0.4) is 0 Å². The van der Waals surface area contributed by atoms with E-state index >= 15 is 0 Å². The number of benzene rings is 1. The minimum absolute atomic E-state index is 0. The minimum Gasteiger partial charge on any atom is -0.490 e. The third-order valence-electron chi connectivity index (χ3n) is 4.99. The van der Waals surface area contributed by atoms with Gasteiger partial charge in [-0.2, -0.15) is 0 Å². The number of fused-ring (bicyclic) bond motifs is 1. The molecule has 0 saturated carbocycles. The topological polar surface area (TPSA) is 85.1 Å². The maximum atomic E-state index is 5.93. The van der Waals surface area contributed by atoms with Crippen LogP contribution in [0.5, 0.6) is 11.5 Å². The van der Waals surface area contributed by atoms with Crippen molar-refractivity contribution in [1.29, 1.82) is 0 Å². The SMILES string of the molecule is CCCOc1ccc(C(C)NC(=NC)NCCc2nnc3ccccn23)cc1OCCC.I. The number of pyridine rings is 1. The van der Waals surface area contributed by atoms with Crippen molar-refractivity contribution in [2.75, 3.05) is 26.8 Å². The van der Waals surface area contributed by atoms with E-state index in [0.717, 1.165) is 53.8 Å². The molecule has 180 valence electrons. The first kappa shape index (κ1) is 26.7. The molecule has 3 rings (SSSR count). The summed E-state index contributed by atoms with van der Waals surface area (Å²) >= 11 is 0. The predicted molar refractivity (Wildman–Crippen MR) is 143 cm³/mol. The van der Waals surface area contributed by atoms with E-state index in [1.807, 2.05) is 40.9 Å². The Balaban J connectivity index is 0.00000385. The number of hydrogen-bond acceptors (Lipinski definition) is 5. The molecule has 0 radical (unpaired) electrons. The molecule has 0 aliphatic carbocycles. The van der Waals surface area contributed by atoms with E-state index in [1.54, 1.807) is 7.05 Å². The number of ether oxygens (including phenoxy) is 2. The molecule has 0 amide bonds. The quantitative estimate of drug-likeness (QED) is 0.204. The molecule has 3 aromatic rings. The van der Waals surface area contributed by atoms with Crippen molar-refractivity contribution in [3.8, 4) is 11.5 Å². The summed E-state index contributed by atoms with van der Waals surface area (Å²) in [7, 11) is 1.77. The van der Waals surface area contributed by atoms with Gasteiger partial charge in [0.2, 0.25) is 0 Å². The van der Waals surface area contributed by atoms with E-state index in [1.165, 1.54) is 0 Å². The first-order valence-electron chi connectivity index (χ1n) is 11.3. The summed E-state index contributed by atoms with van der Waals surface area (Å²) in [6.07, 6.45) is 4.62. The Labute approximate surface area is 213 Å². The molecule has 0 fully saturated rings. The van der Waals surface area contributed by atoms with Crippen molar-refractivity contribution in [3.63, 3.8) is 0 Å². The van der Waals surface area contributed by atoms with Gasteiger partial charge >= 0.3 is 0 Å². The lowest BCUT2D eigenvalue weighted by molar-refractivity contribution is 0.268. The summed E-state index contributed by atoms with van der Waals surface area (Å²) in [5.74, 6) is 3.22. The summed E-state index contributed by atoms with van der Waals surface area (Å²) < 4.78 is 13.8. The molecule has 2 aromatic heterocycles. The highest BCUT2D eigenvalue weighted by Gasteiger charge is 2.13. The number of guanidine groups is 1. The van der Waals surface area contributed by atoms with Crippen LogP contribution in [-0.2, 0) is 6.42 Å². The van der Waals surface area contributed by atoms with E-state index in [2.05, 4.69) is 52.7 Å². The summed E-state index contributed by atoms with van der Waals surface area (Å²) in [5, 5.41) is 15.3. The Kier molecular flexibility index (Phi) is 11.2. The highest BCUT2D eigenvalue weighted by molar-refractivity contribution is 14.0. The number of aromatic nitrogens is 3. The zero-order valence-electron chi connectivity index (χ0n) is 19.9. The maximum Gasteiger partial charge on any atom is 0.191 e. The van der Waals surface area contributed by atoms with Crippen molar-refractivity contribution in [2.24, 2.45) is 4.99 Å². The monoisotopic (exact) mass is 566 g/mol. The zero-order valence-corrected chi connectivity index (χ0v) is 22.2. The largest absolute Gasteiger partial charge is 0.490 e. The Bertz CT molecular complexity index is 1020. The van der Waals surface area contributed by atoms with Crippen LogP contribution in [0.1, 0.15) is 51.0 Å². The lowest BCUT2D eigenvalue weighted by Crippen LogP contribution is -2.39. The van der Waals surface area contributed by atoms with Crippen molar-refractivity contribution < 1.29 is 9.47 Å². The molecule has 8 nitrogen and oxygen atoms in total. The van der Waals surface area contributed by atoms with Gasteiger partial charge < -0.3 is 20.1 Å². The normalized spacial score (nSPS) is 12.2. The number of nitrogens with zero attached hydrogens (tertiary/aromatic N) is 4. The third-order valence-corrected chi connectivity index (χ3v) is 4.99. The lowest BCUT2D eigenvalue weighted by Gasteiger charge is -2.20. The lowest BCUT2D eigenvalue weighted by atomic mass is 10.1. The molecular formula is C24H35IN6O2. The molecule has 1 aromatic carbocycles. The summed E-state index contributed by atoms with van der Waals surface area (Å²) in [6.45, 7) is 8.32. The van der Waals surface area contributed by atoms with Gasteiger partial charge in [0.25, 0.3) is 0 Å². The Morgan fingerprint density at radius 3 is 2.55 bits per heavy atom. The fraction of sp³-hybridized carbons (Fsp3) is 0.458. The van der Waals surface area contributed by atoms with Gasteiger partial charge in [0.05, 0.1) is 19.3 Å². The molecule has 0 spiro atoms. The van der Waals surface area contributed by atoms with Crippen molar-refractivity contribution in [3.05, 3.63) is 54.0 Å². The molecule has 1 atom stereocenters. The fourth-order valence-electron chi connectivity index (χ4n) is 3.29. The van der Waals surface area contributed by atoms with Crippen LogP contribution in [0, 0.1) is 0 Å². The van der Waals surface area contributed by atoms with Crippen LogP contribution in [0.2, 0.25) is 0 Å². The van der Waals surface area contributed by atoms with E-state index in [9.17, 15) is 0 Å². The van der Waals surface area contributed by atoms with Crippen LogP contribution < -0.4 is 20.1 Å². The van der Waals surface area contributed by atoms with Crippen LogP contribution in [0.25, 0.3) is 5.65 Å². The van der Waals surface area contributed by atoms with Gasteiger partial charge in [-0.25, -0.2) is 0 Å². The van der Waals surface area contributed by atoms with E-state index in [-0.39, 0.29) is 30.0 Å². The van der Waals surface area contributed by atoms with Gasteiger partial charge in [0.1, 0.15) is 5.82 Å². The molecule has 0 saturated heterocycles. The van der Waals surface area contributed by atoms with Gasteiger partial charge in [0.15, 0.2) is 23.1 Å². The molecule has 0 aliphatic heterocycles. The van der Waals surface area contributed by atoms with Gasteiger partial charge in [-0.15, -0.1) is 34.2 Å². The van der Waals surface area contributed by atoms with Gasteiger partial charge in [-0.05, 0) is 49.6 Å². The number of hydrogen-bond donors (Lipinski definition) is 2. The highest BCUT2D eigenvalue weighted by Crippen LogP contribution is 2.31. The summed E-state index contributed by atoms with van der Waals surface area (Å²) in [4.78, 5) is 4.36. The molecule has 2 N–H and O–H groups in total. The fourth-order valence-corrected chi connectivity index (χ4v) is 3.29. The second kappa shape index (κ2) is 13.9.